The molecule has 3 aromatic rings. The molecule has 7 heteroatoms. The molecule has 1 aliphatic rings. The van der Waals surface area contributed by atoms with Crippen LogP contribution < -0.4 is 14.8 Å². The van der Waals surface area contributed by atoms with Crippen molar-refractivity contribution >= 4 is 28.9 Å². The second-order valence-corrected chi connectivity index (χ2v) is 8.55. The predicted octanol–water partition coefficient (Wildman–Crippen LogP) is 5.47. The summed E-state index contributed by atoms with van der Waals surface area (Å²) in [6.07, 6.45) is 1.82. The first-order valence-electron chi connectivity index (χ1n) is 10.1. The number of carbonyl (C=O) groups excluding carboxylic acids is 1. The van der Waals surface area contributed by atoms with Crippen molar-refractivity contribution < 1.29 is 24.2 Å². The second-order valence-electron chi connectivity index (χ2n) is 7.50. The number of carbonyl (C=O) groups is 2. The number of carboxylic acid groups (broad SMARTS) is 1. The lowest BCUT2D eigenvalue weighted by Gasteiger charge is -2.26. The lowest BCUT2D eigenvalue weighted by Crippen LogP contribution is -2.23. The standard InChI is InChI=1S/C25H23NO5S/c1-4-12-31-22-16(6-5-7-18(22)30-3)17-13-19(27)26-21-20(15-10-8-14(2)9-11-15)24(25(28)29)32-23(17)21/h4-11,17H,1,12-13H2,2-3H3,(H,26,27)(H,28,29)/t17-/m0/s1. The van der Waals surface area contributed by atoms with Crippen LogP contribution >= 0.6 is 11.3 Å². The molecule has 0 radical (unpaired) electrons. The number of hydrogen-bond acceptors (Lipinski definition) is 5. The average molecular weight is 450 g/mol. The molecule has 32 heavy (non-hydrogen) atoms. The van der Waals surface area contributed by atoms with E-state index >= 15 is 0 Å². The number of fused-ring (bicyclic) bond motifs is 1. The first-order chi connectivity index (χ1) is 15.4. The highest BCUT2D eigenvalue weighted by molar-refractivity contribution is 7.15. The summed E-state index contributed by atoms with van der Waals surface area (Å²) >= 11 is 1.19. The highest BCUT2D eigenvalue weighted by Crippen LogP contribution is 2.51. The summed E-state index contributed by atoms with van der Waals surface area (Å²) in [5.41, 5.74) is 3.68. The molecule has 4 rings (SSSR count). The van der Waals surface area contributed by atoms with Crippen molar-refractivity contribution in [2.24, 2.45) is 0 Å². The molecule has 2 aromatic carbocycles. The van der Waals surface area contributed by atoms with Gasteiger partial charge in [-0.15, -0.1) is 11.3 Å². The lowest BCUT2D eigenvalue weighted by atomic mass is 9.88. The van der Waals surface area contributed by atoms with Crippen LogP contribution in [0.2, 0.25) is 0 Å². The van der Waals surface area contributed by atoms with Crippen LogP contribution in [0.4, 0.5) is 5.69 Å². The molecular weight excluding hydrogens is 426 g/mol. The maximum atomic E-state index is 12.8. The Hall–Kier alpha value is -3.58. The van der Waals surface area contributed by atoms with Crippen molar-refractivity contribution in [1.82, 2.24) is 0 Å². The molecule has 2 heterocycles. The largest absolute Gasteiger partial charge is 0.493 e. The van der Waals surface area contributed by atoms with Gasteiger partial charge in [0.1, 0.15) is 11.5 Å². The third kappa shape index (κ3) is 3.87. The van der Waals surface area contributed by atoms with E-state index in [1.807, 2.05) is 43.3 Å². The van der Waals surface area contributed by atoms with Gasteiger partial charge < -0.3 is 19.9 Å². The normalized spacial score (nSPS) is 14.9. The topological polar surface area (TPSA) is 84.9 Å². The van der Waals surface area contributed by atoms with Crippen LogP contribution in [0.25, 0.3) is 11.1 Å². The van der Waals surface area contributed by atoms with E-state index in [9.17, 15) is 14.7 Å². The summed E-state index contributed by atoms with van der Waals surface area (Å²) in [4.78, 5) is 25.9. The zero-order valence-electron chi connectivity index (χ0n) is 17.8. The molecule has 0 fully saturated rings. The maximum Gasteiger partial charge on any atom is 0.346 e. The van der Waals surface area contributed by atoms with Crippen LogP contribution in [0.1, 0.15) is 38.0 Å². The second kappa shape index (κ2) is 8.88. The number of carboxylic acids is 1. The zero-order chi connectivity index (χ0) is 22.8. The van der Waals surface area contributed by atoms with E-state index in [2.05, 4.69) is 11.9 Å². The zero-order valence-corrected chi connectivity index (χ0v) is 18.6. The quantitative estimate of drug-likeness (QED) is 0.467. The van der Waals surface area contributed by atoms with Gasteiger partial charge in [-0.2, -0.15) is 0 Å². The molecule has 1 atom stereocenters. The third-order valence-electron chi connectivity index (χ3n) is 5.39. The van der Waals surface area contributed by atoms with E-state index in [1.165, 1.54) is 11.3 Å². The summed E-state index contributed by atoms with van der Waals surface area (Å²) in [7, 11) is 1.56. The van der Waals surface area contributed by atoms with Gasteiger partial charge in [-0.1, -0.05) is 54.6 Å². The molecule has 0 spiro atoms. The number of para-hydroxylation sites is 1. The minimum atomic E-state index is -1.03. The molecule has 0 saturated heterocycles. The van der Waals surface area contributed by atoms with Gasteiger partial charge in [0.15, 0.2) is 11.5 Å². The molecule has 1 aromatic heterocycles. The first-order valence-corrected chi connectivity index (χ1v) is 10.9. The Bertz CT molecular complexity index is 1200. The summed E-state index contributed by atoms with van der Waals surface area (Å²) in [5, 5.41) is 12.9. The lowest BCUT2D eigenvalue weighted by molar-refractivity contribution is -0.116. The molecular formula is C25H23NO5S. The Morgan fingerprint density at radius 3 is 2.69 bits per heavy atom. The maximum absolute atomic E-state index is 12.8. The Morgan fingerprint density at radius 2 is 2.03 bits per heavy atom. The fraction of sp³-hybridized carbons (Fsp3) is 0.200. The average Bonchev–Trinajstić information content (AvgIpc) is 3.17. The number of amides is 1. The van der Waals surface area contributed by atoms with Crippen LogP contribution in [0.3, 0.4) is 0 Å². The molecule has 1 aliphatic heterocycles. The van der Waals surface area contributed by atoms with Gasteiger partial charge in [0.05, 0.1) is 12.8 Å². The van der Waals surface area contributed by atoms with Crippen LogP contribution in [-0.4, -0.2) is 30.7 Å². The first kappa shape index (κ1) is 21.6. The monoisotopic (exact) mass is 449 g/mol. The number of ether oxygens (including phenoxy) is 2. The van der Waals surface area contributed by atoms with Crippen LogP contribution in [-0.2, 0) is 4.79 Å². The fourth-order valence-electron chi connectivity index (χ4n) is 3.95. The van der Waals surface area contributed by atoms with E-state index in [0.717, 1.165) is 21.6 Å². The molecule has 2 N–H and O–H groups in total. The number of aryl methyl sites for hydroxylation is 1. The molecule has 164 valence electrons. The van der Waals surface area contributed by atoms with E-state index in [-0.39, 0.29) is 29.7 Å². The number of rotatable bonds is 7. The van der Waals surface area contributed by atoms with Gasteiger partial charge in [-0.05, 0) is 18.6 Å². The van der Waals surface area contributed by atoms with Gasteiger partial charge in [0, 0.05) is 28.3 Å². The van der Waals surface area contributed by atoms with Gasteiger partial charge >= 0.3 is 5.97 Å². The fourth-order valence-corrected chi connectivity index (χ4v) is 5.19. The van der Waals surface area contributed by atoms with Crippen molar-refractivity contribution in [3.8, 4) is 22.6 Å². The number of hydrogen-bond donors (Lipinski definition) is 2. The van der Waals surface area contributed by atoms with Crippen molar-refractivity contribution in [1.29, 1.82) is 0 Å². The number of aromatic carboxylic acids is 1. The molecule has 1 amide bonds. The number of anilines is 1. The Morgan fingerprint density at radius 1 is 1.28 bits per heavy atom. The molecule has 0 aliphatic carbocycles. The minimum absolute atomic E-state index is 0.178. The van der Waals surface area contributed by atoms with Crippen LogP contribution in [0, 0.1) is 6.92 Å². The number of thiophene rings is 1. The van der Waals surface area contributed by atoms with Crippen molar-refractivity contribution in [3.05, 3.63) is 76.0 Å². The van der Waals surface area contributed by atoms with Crippen LogP contribution in [0.15, 0.2) is 55.1 Å². The minimum Gasteiger partial charge on any atom is -0.493 e. The summed E-state index contributed by atoms with van der Waals surface area (Å²) in [6, 6.07) is 13.1. The predicted molar refractivity (Wildman–Crippen MR) is 125 cm³/mol. The SMILES string of the molecule is C=CCOc1c(OC)cccc1[C@@H]1CC(=O)Nc2c1sc(C(=O)O)c2-c1ccc(C)cc1. The van der Waals surface area contributed by atoms with Crippen molar-refractivity contribution in [3.63, 3.8) is 0 Å². The summed E-state index contributed by atoms with van der Waals surface area (Å²) in [6.45, 7) is 5.95. The van der Waals surface area contributed by atoms with Gasteiger partial charge in [0.2, 0.25) is 5.91 Å². The van der Waals surface area contributed by atoms with Crippen LogP contribution in [0.5, 0.6) is 11.5 Å². The molecule has 0 saturated carbocycles. The number of benzene rings is 2. The van der Waals surface area contributed by atoms with Crippen molar-refractivity contribution in [2.45, 2.75) is 19.3 Å². The molecule has 0 unspecified atom stereocenters. The number of methoxy groups -OCH3 is 1. The Labute approximate surface area is 190 Å². The Kier molecular flexibility index (Phi) is 6.01. The van der Waals surface area contributed by atoms with E-state index < -0.39 is 5.97 Å². The number of nitrogens with one attached hydrogen (secondary N) is 1. The summed E-state index contributed by atoms with van der Waals surface area (Å²) in [5.74, 6) is -0.492. The summed E-state index contributed by atoms with van der Waals surface area (Å²) < 4.78 is 11.4. The smallest absolute Gasteiger partial charge is 0.346 e. The Balaban J connectivity index is 1.93. The molecule has 0 bridgehead atoms. The van der Waals surface area contributed by atoms with Gasteiger partial charge in [-0.3, -0.25) is 4.79 Å². The highest BCUT2D eigenvalue weighted by Gasteiger charge is 2.36. The third-order valence-corrected chi connectivity index (χ3v) is 6.68. The van der Waals surface area contributed by atoms with Crippen molar-refractivity contribution in [2.75, 3.05) is 19.0 Å². The van der Waals surface area contributed by atoms with E-state index in [1.54, 1.807) is 19.3 Å². The van der Waals surface area contributed by atoms with E-state index in [0.29, 0.717) is 22.7 Å². The highest BCUT2D eigenvalue weighted by atomic mass is 32.1. The van der Waals surface area contributed by atoms with Gasteiger partial charge in [-0.25, -0.2) is 4.79 Å². The van der Waals surface area contributed by atoms with Gasteiger partial charge in [0.25, 0.3) is 0 Å². The van der Waals surface area contributed by atoms with E-state index in [4.69, 9.17) is 9.47 Å². The molecule has 6 nitrogen and oxygen atoms in total.